The Kier molecular flexibility index (Phi) is 4.77. The molecule has 1 saturated carbocycles. The summed E-state index contributed by atoms with van der Waals surface area (Å²) in [6, 6.07) is 5.92. The van der Waals surface area contributed by atoms with Gasteiger partial charge in [0.1, 0.15) is 11.4 Å². The summed E-state index contributed by atoms with van der Waals surface area (Å²) in [5, 5.41) is 34.5. The van der Waals surface area contributed by atoms with Gasteiger partial charge in [0, 0.05) is 25.3 Å². The van der Waals surface area contributed by atoms with E-state index in [1.165, 1.54) is 0 Å². The van der Waals surface area contributed by atoms with E-state index in [4.69, 9.17) is 15.0 Å². The van der Waals surface area contributed by atoms with Crippen molar-refractivity contribution < 1.29 is 9.84 Å². The smallest absolute Gasteiger partial charge is 0.112 e. The van der Waals surface area contributed by atoms with Crippen molar-refractivity contribution in [3.05, 3.63) is 42.6 Å². The summed E-state index contributed by atoms with van der Waals surface area (Å²) >= 11 is 0. The molecule has 5 rings (SSSR count). The fourth-order valence-corrected chi connectivity index (χ4v) is 4.29. The molecule has 0 unspecified atom stereocenters. The number of hydrogen-bond donors (Lipinski definition) is 2. The van der Waals surface area contributed by atoms with Crippen molar-refractivity contribution in [1.29, 1.82) is 5.26 Å². The van der Waals surface area contributed by atoms with Crippen molar-refractivity contribution in [2.45, 2.75) is 43.9 Å². The average molecular weight is 418 g/mol. The fourth-order valence-electron chi connectivity index (χ4n) is 4.29. The van der Waals surface area contributed by atoms with E-state index >= 15 is 0 Å². The van der Waals surface area contributed by atoms with Gasteiger partial charge in [-0.2, -0.15) is 20.6 Å². The van der Waals surface area contributed by atoms with Gasteiger partial charge >= 0.3 is 0 Å². The molecular weight excluding hydrogens is 396 g/mol. The van der Waals surface area contributed by atoms with Crippen molar-refractivity contribution in [2.24, 2.45) is 0 Å². The molecule has 158 valence electrons. The molecule has 2 N–H and O–H groups in total. The molecule has 10 nitrogen and oxygen atoms in total. The number of fused-ring (bicyclic) bond motifs is 1. The molecule has 4 aromatic rings. The summed E-state index contributed by atoms with van der Waals surface area (Å²) in [5.74, 6) is 0. The van der Waals surface area contributed by atoms with Crippen LogP contribution in [0.25, 0.3) is 28.2 Å². The van der Waals surface area contributed by atoms with Crippen LogP contribution in [0.4, 0.5) is 0 Å². The van der Waals surface area contributed by atoms with Gasteiger partial charge in [-0.05, 0) is 31.4 Å². The van der Waals surface area contributed by atoms with Crippen LogP contribution in [-0.2, 0) is 16.9 Å². The van der Waals surface area contributed by atoms with Gasteiger partial charge < -0.3 is 9.84 Å². The minimum Gasteiger partial charge on any atom is -0.390 e. The number of rotatable bonds is 7. The number of nitriles is 1. The monoisotopic (exact) mass is 418 g/mol. The summed E-state index contributed by atoms with van der Waals surface area (Å²) in [6.07, 6.45) is 10.4. The zero-order chi connectivity index (χ0) is 21.4. The molecule has 0 aromatic carbocycles. The Morgan fingerprint density at radius 2 is 2.19 bits per heavy atom. The Hall–Kier alpha value is -3.55. The van der Waals surface area contributed by atoms with Crippen LogP contribution in [-0.4, -0.2) is 52.9 Å². The lowest BCUT2D eigenvalue weighted by atomic mass is 9.71. The minimum absolute atomic E-state index is 0.121. The lowest BCUT2D eigenvalue weighted by Crippen LogP contribution is -2.50. The molecule has 4 heterocycles. The zero-order valence-corrected chi connectivity index (χ0v) is 17.1. The van der Waals surface area contributed by atoms with E-state index in [1.54, 1.807) is 30.1 Å². The number of hydrogen-bond acceptors (Lipinski definition) is 7. The van der Waals surface area contributed by atoms with Crippen LogP contribution in [0.2, 0.25) is 0 Å². The SMILES string of the molecule is COC1CC(CCC#N)(n2cc(-c3nc(-c4cc(CO)[nH]n4)cn4nccc34)cn2)C1. The summed E-state index contributed by atoms with van der Waals surface area (Å²) in [6.45, 7) is -0.121. The Bertz CT molecular complexity index is 1260. The lowest BCUT2D eigenvalue weighted by Gasteiger charge is -2.46. The number of aliphatic hydroxyl groups is 1. The molecule has 0 aliphatic heterocycles. The highest BCUT2D eigenvalue weighted by Gasteiger charge is 2.46. The van der Waals surface area contributed by atoms with Crippen molar-refractivity contribution >= 4 is 5.52 Å². The third kappa shape index (κ3) is 3.28. The summed E-state index contributed by atoms with van der Waals surface area (Å²) in [7, 11) is 1.72. The largest absolute Gasteiger partial charge is 0.390 e. The maximum atomic E-state index is 9.33. The molecule has 1 fully saturated rings. The number of ether oxygens (including phenoxy) is 1. The molecule has 0 amide bonds. The molecule has 0 atom stereocenters. The van der Waals surface area contributed by atoms with Gasteiger partial charge in [-0.15, -0.1) is 0 Å². The third-order valence-corrected chi connectivity index (χ3v) is 6.05. The Morgan fingerprint density at radius 3 is 2.94 bits per heavy atom. The molecule has 0 spiro atoms. The molecule has 1 aliphatic rings. The van der Waals surface area contributed by atoms with Gasteiger partial charge in [0.15, 0.2) is 0 Å². The molecule has 10 heteroatoms. The standard InChI is InChI=1S/C21H22N8O2/c1-31-16-8-21(9-16,4-2-5-22)29-11-14(10-24-29)20-19-3-6-23-28(19)12-18(25-20)17-7-15(13-30)26-27-17/h3,6-7,10-12,16,30H,2,4,8-9,13H2,1H3,(H,26,27). The predicted octanol–water partition coefficient (Wildman–Crippen LogP) is 2.28. The third-order valence-electron chi connectivity index (χ3n) is 6.05. The average Bonchev–Trinajstić information content (AvgIpc) is 3.52. The van der Waals surface area contributed by atoms with Crippen LogP contribution in [0.5, 0.6) is 0 Å². The second kappa shape index (κ2) is 7.61. The van der Waals surface area contributed by atoms with Gasteiger partial charge in [-0.25, -0.2) is 9.50 Å². The molecular formula is C21H22N8O2. The van der Waals surface area contributed by atoms with E-state index < -0.39 is 0 Å². The van der Waals surface area contributed by atoms with Crippen LogP contribution in [0.1, 0.15) is 31.4 Å². The first-order valence-electron chi connectivity index (χ1n) is 10.1. The summed E-state index contributed by atoms with van der Waals surface area (Å²) in [4.78, 5) is 4.84. The number of aromatic nitrogens is 7. The summed E-state index contributed by atoms with van der Waals surface area (Å²) < 4.78 is 9.21. The van der Waals surface area contributed by atoms with E-state index in [-0.39, 0.29) is 18.2 Å². The quantitative estimate of drug-likeness (QED) is 0.471. The van der Waals surface area contributed by atoms with Crippen LogP contribution in [0.3, 0.4) is 0 Å². The lowest BCUT2D eigenvalue weighted by molar-refractivity contribution is -0.0599. The van der Waals surface area contributed by atoms with E-state index in [9.17, 15) is 5.11 Å². The van der Waals surface area contributed by atoms with Gasteiger partial charge in [0.05, 0.1) is 59.8 Å². The van der Waals surface area contributed by atoms with Crippen LogP contribution in [0, 0.1) is 11.3 Å². The number of H-pyrrole nitrogens is 1. The van der Waals surface area contributed by atoms with Gasteiger partial charge in [0.25, 0.3) is 0 Å². The van der Waals surface area contributed by atoms with E-state index in [2.05, 4.69) is 26.5 Å². The molecule has 0 bridgehead atoms. The van der Waals surface area contributed by atoms with Crippen molar-refractivity contribution in [1.82, 2.24) is 34.6 Å². The number of methoxy groups -OCH3 is 1. The highest BCUT2D eigenvalue weighted by Crippen LogP contribution is 2.44. The predicted molar refractivity (Wildman–Crippen MR) is 111 cm³/mol. The maximum Gasteiger partial charge on any atom is 0.112 e. The molecule has 1 aliphatic carbocycles. The molecule has 31 heavy (non-hydrogen) atoms. The first-order valence-corrected chi connectivity index (χ1v) is 10.1. The first kappa shape index (κ1) is 19.4. The first-order chi connectivity index (χ1) is 15.2. The molecule has 4 aromatic heterocycles. The molecule has 0 saturated heterocycles. The second-order valence-electron chi connectivity index (χ2n) is 7.89. The van der Waals surface area contributed by atoms with Crippen LogP contribution >= 0.6 is 0 Å². The second-order valence-corrected chi connectivity index (χ2v) is 7.89. The highest BCUT2D eigenvalue weighted by atomic mass is 16.5. The summed E-state index contributed by atoms with van der Waals surface area (Å²) in [5.41, 5.74) is 4.13. The fraction of sp³-hybridized carbons (Fsp3) is 0.381. The topological polar surface area (TPSA) is 130 Å². The Balaban J connectivity index is 1.55. The normalized spacial score (nSPS) is 20.6. The highest BCUT2D eigenvalue weighted by molar-refractivity contribution is 5.77. The van der Waals surface area contributed by atoms with Crippen molar-refractivity contribution in [2.75, 3.05) is 7.11 Å². The number of nitrogens with one attached hydrogen (secondary N) is 1. The Morgan fingerprint density at radius 1 is 1.32 bits per heavy atom. The number of aromatic amines is 1. The van der Waals surface area contributed by atoms with Gasteiger partial charge in [-0.1, -0.05) is 0 Å². The van der Waals surface area contributed by atoms with E-state index in [1.807, 2.05) is 23.1 Å². The van der Waals surface area contributed by atoms with Crippen molar-refractivity contribution in [3.8, 4) is 28.7 Å². The molecule has 0 radical (unpaired) electrons. The Labute approximate surface area is 178 Å². The maximum absolute atomic E-state index is 9.33. The van der Waals surface area contributed by atoms with Gasteiger partial charge in [0.2, 0.25) is 0 Å². The van der Waals surface area contributed by atoms with Gasteiger partial charge in [-0.3, -0.25) is 9.78 Å². The zero-order valence-electron chi connectivity index (χ0n) is 17.1. The van der Waals surface area contributed by atoms with Crippen LogP contribution < -0.4 is 0 Å². The minimum atomic E-state index is -0.207. The number of aliphatic hydroxyl groups excluding tert-OH is 1. The number of nitrogens with zero attached hydrogens (tertiary/aromatic N) is 7. The van der Waals surface area contributed by atoms with Crippen LogP contribution in [0.15, 0.2) is 36.9 Å². The van der Waals surface area contributed by atoms with E-state index in [0.717, 1.165) is 36.0 Å². The van der Waals surface area contributed by atoms with Crippen molar-refractivity contribution in [3.63, 3.8) is 0 Å². The van der Waals surface area contributed by atoms with E-state index in [0.29, 0.717) is 23.5 Å².